The molecule has 0 spiro atoms. The number of rotatable bonds is 2. The van der Waals surface area contributed by atoms with Crippen LogP contribution in [0.25, 0.3) is 11.0 Å². The second-order valence-electron chi connectivity index (χ2n) is 3.42. The van der Waals surface area contributed by atoms with Crippen molar-refractivity contribution in [2.45, 2.75) is 6.92 Å². The second kappa shape index (κ2) is 3.89. The molecule has 0 unspecified atom stereocenters. The minimum Gasteiger partial charge on any atom is -0.493 e. The maximum atomic E-state index is 11.9. The Hall–Kier alpha value is -1.97. The van der Waals surface area contributed by atoms with Crippen LogP contribution in [0.2, 0.25) is 0 Å². The highest BCUT2D eigenvalue weighted by atomic mass is 16.6. The lowest BCUT2D eigenvalue weighted by Crippen LogP contribution is -2.03. The molecule has 0 aliphatic carbocycles. The summed E-state index contributed by atoms with van der Waals surface area (Å²) in [6, 6.07) is 4.92. The Morgan fingerprint density at radius 1 is 1.19 bits per heavy atom. The van der Waals surface area contributed by atoms with Crippen LogP contribution in [0.4, 0.5) is 0 Å². The normalized spacial score (nSPS) is 10.4. The molecule has 4 nitrogen and oxygen atoms in total. The lowest BCUT2D eigenvalue weighted by atomic mass is 10.1. The number of aryl methyl sites for hydroxylation is 1. The molecule has 0 aliphatic rings. The van der Waals surface area contributed by atoms with Crippen molar-refractivity contribution in [1.82, 2.24) is 0 Å². The summed E-state index contributed by atoms with van der Waals surface area (Å²) in [5.41, 5.74) is 1.15. The molecule has 16 heavy (non-hydrogen) atoms. The molecule has 0 atom stereocenters. The summed E-state index contributed by atoms with van der Waals surface area (Å²) < 4.78 is 15.5. The smallest absolute Gasteiger partial charge is 0.288 e. The van der Waals surface area contributed by atoms with Gasteiger partial charge in [0.2, 0.25) is 0 Å². The fourth-order valence-electron chi connectivity index (χ4n) is 1.64. The van der Waals surface area contributed by atoms with Crippen molar-refractivity contribution in [3.05, 3.63) is 34.0 Å². The average molecular weight is 220 g/mol. The molecule has 1 aromatic heterocycles. The van der Waals surface area contributed by atoms with Crippen LogP contribution in [0.15, 0.2) is 27.4 Å². The first-order valence-corrected chi connectivity index (χ1v) is 4.83. The minimum atomic E-state index is -0.130. The Morgan fingerprint density at radius 2 is 1.94 bits per heavy atom. The van der Waals surface area contributed by atoms with E-state index in [1.165, 1.54) is 20.3 Å². The average Bonchev–Trinajstić information content (AvgIpc) is 2.28. The third-order valence-electron chi connectivity index (χ3n) is 2.45. The number of fused-ring (bicyclic) bond motifs is 1. The highest BCUT2D eigenvalue weighted by Crippen LogP contribution is 2.28. The van der Waals surface area contributed by atoms with Gasteiger partial charge in [-0.25, -0.2) is 0 Å². The molecular weight excluding hydrogens is 208 g/mol. The first kappa shape index (κ1) is 10.5. The number of methoxy groups -OCH3 is 2. The third-order valence-corrected chi connectivity index (χ3v) is 2.45. The Bertz CT molecular complexity index is 583. The Morgan fingerprint density at radius 3 is 2.56 bits per heavy atom. The molecule has 1 aromatic carbocycles. The molecule has 4 heteroatoms. The fraction of sp³-hybridized carbons (Fsp3) is 0.250. The molecule has 84 valence electrons. The zero-order chi connectivity index (χ0) is 11.7. The van der Waals surface area contributed by atoms with E-state index in [1.807, 2.05) is 13.0 Å². The van der Waals surface area contributed by atoms with Gasteiger partial charge in [-0.3, -0.25) is 4.79 Å². The van der Waals surface area contributed by atoms with Gasteiger partial charge in [-0.1, -0.05) is 6.07 Å². The minimum absolute atomic E-state index is 0.130. The third kappa shape index (κ3) is 1.52. The van der Waals surface area contributed by atoms with E-state index in [1.54, 1.807) is 6.07 Å². The Kier molecular flexibility index (Phi) is 2.56. The summed E-state index contributed by atoms with van der Waals surface area (Å²) in [7, 11) is 2.98. The maximum Gasteiger partial charge on any atom is 0.288 e. The van der Waals surface area contributed by atoms with Crippen LogP contribution in [0.3, 0.4) is 0 Å². The van der Waals surface area contributed by atoms with Gasteiger partial charge in [0, 0.05) is 0 Å². The summed E-state index contributed by atoms with van der Waals surface area (Å²) in [6.45, 7) is 1.85. The van der Waals surface area contributed by atoms with E-state index >= 15 is 0 Å². The van der Waals surface area contributed by atoms with Crippen LogP contribution in [-0.2, 0) is 0 Å². The van der Waals surface area contributed by atoms with Crippen LogP contribution in [0, 0.1) is 6.92 Å². The lowest BCUT2D eigenvalue weighted by molar-refractivity contribution is 0.305. The Balaban J connectivity index is 2.93. The van der Waals surface area contributed by atoms with Crippen LogP contribution in [0.5, 0.6) is 11.7 Å². The van der Waals surface area contributed by atoms with Crippen molar-refractivity contribution >= 4 is 11.0 Å². The van der Waals surface area contributed by atoms with E-state index in [2.05, 4.69) is 0 Å². The van der Waals surface area contributed by atoms with Gasteiger partial charge in [0.25, 0.3) is 5.95 Å². The van der Waals surface area contributed by atoms with Crippen molar-refractivity contribution in [2.75, 3.05) is 14.2 Å². The van der Waals surface area contributed by atoms with Crippen LogP contribution in [-0.4, -0.2) is 14.2 Å². The van der Waals surface area contributed by atoms with Gasteiger partial charge in [-0.2, -0.15) is 0 Å². The summed E-state index contributed by atoms with van der Waals surface area (Å²) in [5.74, 6) is 0.706. The highest BCUT2D eigenvalue weighted by Gasteiger charge is 2.12. The van der Waals surface area contributed by atoms with Gasteiger partial charge in [0.1, 0.15) is 0 Å². The van der Waals surface area contributed by atoms with Crippen molar-refractivity contribution < 1.29 is 13.9 Å². The molecule has 0 saturated heterocycles. The van der Waals surface area contributed by atoms with Gasteiger partial charge >= 0.3 is 0 Å². The molecule has 0 aliphatic heterocycles. The number of hydrogen-bond donors (Lipinski definition) is 0. The van der Waals surface area contributed by atoms with Crippen molar-refractivity contribution in [1.29, 1.82) is 0 Å². The van der Waals surface area contributed by atoms with E-state index in [4.69, 9.17) is 13.9 Å². The monoisotopic (exact) mass is 220 g/mol. The van der Waals surface area contributed by atoms with Gasteiger partial charge in [-0.05, 0) is 18.6 Å². The number of ether oxygens (including phenoxy) is 2. The van der Waals surface area contributed by atoms with E-state index in [-0.39, 0.29) is 11.4 Å². The van der Waals surface area contributed by atoms with Crippen LogP contribution < -0.4 is 14.9 Å². The van der Waals surface area contributed by atoms with E-state index < -0.39 is 0 Å². The van der Waals surface area contributed by atoms with Gasteiger partial charge in [-0.15, -0.1) is 0 Å². The first-order valence-electron chi connectivity index (χ1n) is 4.83. The molecule has 2 rings (SSSR count). The van der Waals surface area contributed by atoms with E-state index in [0.29, 0.717) is 16.7 Å². The molecule has 2 aromatic rings. The quantitative estimate of drug-likeness (QED) is 0.777. The topological polar surface area (TPSA) is 48.7 Å². The summed E-state index contributed by atoms with van der Waals surface area (Å²) in [4.78, 5) is 11.9. The molecule has 0 amide bonds. The van der Waals surface area contributed by atoms with E-state index in [0.717, 1.165) is 5.56 Å². The second-order valence-corrected chi connectivity index (χ2v) is 3.42. The van der Waals surface area contributed by atoms with Gasteiger partial charge in [0.05, 0.1) is 25.7 Å². The highest BCUT2D eigenvalue weighted by molar-refractivity contribution is 5.85. The molecule has 0 saturated carbocycles. The standard InChI is InChI=1S/C12H12O4/c1-7-4-5-9(14-2)12-11(7)8(13)6-10(15-3)16-12/h4-6H,1-3H3. The predicted octanol–water partition coefficient (Wildman–Crippen LogP) is 2.12. The number of benzene rings is 1. The summed E-state index contributed by atoms with van der Waals surface area (Å²) >= 11 is 0. The SMILES string of the molecule is COc1cc(=O)c2c(C)ccc(OC)c2o1. The molecule has 0 fully saturated rings. The van der Waals surface area contributed by atoms with E-state index in [9.17, 15) is 4.79 Å². The zero-order valence-electron chi connectivity index (χ0n) is 9.37. The molecule has 0 N–H and O–H groups in total. The predicted molar refractivity (Wildman–Crippen MR) is 60.3 cm³/mol. The lowest BCUT2D eigenvalue weighted by Gasteiger charge is -2.07. The van der Waals surface area contributed by atoms with Crippen molar-refractivity contribution in [3.63, 3.8) is 0 Å². The van der Waals surface area contributed by atoms with Gasteiger partial charge < -0.3 is 13.9 Å². The zero-order valence-corrected chi connectivity index (χ0v) is 9.37. The van der Waals surface area contributed by atoms with Crippen molar-refractivity contribution in [3.8, 4) is 11.7 Å². The molecule has 0 bridgehead atoms. The van der Waals surface area contributed by atoms with Crippen LogP contribution >= 0.6 is 0 Å². The first-order chi connectivity index (χ1) is 7.67. The largest absolute Gasteiger partial charge is 0.493 e. The summed E-state index contributed by atoms with van der Waals surface area (Å²) in [5, 5.41) is 0.528. The van der Waals surface area contributed by atoms with Crippen LogP contribution in [0.1, 0.15) is 5.56 Å². The maximum absolute atomic E-state index is 11.9. The molecule has 1 heterocycles. The molecular formula is C12H12O4. The van der Waals surface area contributed by atoms with Crippen molar-refractivity contribution in [2.24, 2.45) is 0 Å². The van der Waals surface area contributed by atoms with Gasteiger partial charge in [0.15, 0.2) is 16.8 Å². The summed E-state index contributed by atoms with van der Waals surface area (Å²) in [6.07, 6.45) is 0. The molecule has 0 radical (unpaired) electrons. The number of hydrogen-bond acceptors (Lipinski definition) is 4. The Labute approximate surface area is 92.4 Å². The fourth-order valence-corrected chi connectivity index (χ4v) is 1.64.